The first-order valence-corrected chi connectivity index (χ1v) is 6.34. The summed E-state index contributed by atoms with van der Waals surface area (Å²) in [6.45, 7) is 2.19. The maximum atomic E-state index is 11.1. The number of Topliss-reactive ketones (excluding diaryl/α,β-unsaturated/α-hetero) is 1. The number of ketones is 1. The number of hydrogen-bond donors (Lipinski definition) is 1. The summed E-state index contributed by atoms with van der Waals surface area (Å²) >= 11 is 0. The molecule has 1 aliphatic carbocycles. The van der Waals surface area contributed by atoms with Crippen molar-refractivity contribution >= 4 is 5.78 Å². The molecule has 2 atom stereocenters. The van der Waals surface area contributed by atoms with Crippen molar-refractivity contribution in [2.75, 3.05) is 0 Å². The van der Waals surface area contributed by atoms with E-state index in [0.717, 1.165) is 19.3 Å². The molecule has 1 unspecified atom stereocenters. The maximum Gasteiger partial charge on any atom is 0.133 e. The van der Waals surface area contributed by atoms with Crippen LogP contribution in [0.15, 0.2) is 24.3 Å². The molecule has 0 radical (unpaired) electrons. The first-order chi connectivity index (χ1) is 7.74. The first kappa shape index (κ1) is 13.2. The Morgan fingerprint density at radius 1 is 1.50 bits per heavy atom. The molecule has 1 fully saturated rings. The van der Waals surface area contributed by atoms with Gasteiger partial charge in [0.2, 0.25) is 0 Å². The lowest BCUT2D eigenvalue weighted by atomic mass is 9.98. The van der Waals surface area contributed by atoms with Crippen LogP contribution in [0.2, 0.25) is 0 Å². The quantitative estimate of drug-likeness (QED) is 0.553. The number of rotatable bonds is 6. The van der Waals surface area contributed by atoms with Crippen molar-refractivity contribution < 1.29 is 4.79 Å². The van der Waals surface area contributed by atoms with E-state index in [1.165, 1.54) is 12.8 Å². The highest BCUT2D eigenvalue weighted by Gasteiger charge is 2.25. The van der Waals surface area contributed by atoms with Crippen LogP contribution in [0.3, 0.4) is 0 Å². The monoisotopic (exact) mass is 221 g/mol. The second-order valence-electron chi connectivity index (χ2n) is 4.57. The SMILES string of the molecule is CCCC/C=C\C=C\[C@H](N)C1CCC(=O)C1. The third-order valence-electron chi connectivity index (χ3n) is 3.13. The zero-order valence-corrected chi connectivity index (χ0v) is 10.2. The molecule has 0 saturated heterocycles. The largest absolute Gasteiger partial charge is 0.324 e. The number of allylic oxidation sites excluding steroid dienone is 3. The molecule has 0 aromatic heterocycles. The summed E-state index contributed by atoms with van der Waals surface area (Å²) in [4.78, 5) is 11.1. The van der Waals surface area contributed by atoms with Crippen LogP contribution in [0.25, 0.3) is 0 Å². The zero-order valence-electron chi connectivity index (χ0n) is 10.2. The average molecular weight is 221 g/mol. The highest BCUT2D eigenvalue weighted by atomic mass is 16.1. The van der Waals surface area contributed by atoms with E-state index in [1.807, 2.05) is 12.2 Å². The molecule has 0 spiro atoms. The normalized spacial score (nSPS) is 23.6. The van der Waals surface area contributed by atoms with Gasteiger partial charge in [-0.15, -0.1) is 0 Å². The van der Waals surface area contributed by atoms with Crippen LogP contribution < -0.4 is 5.73 Å². The van der Waals surface area contributed by atoms with E-state index in [-0.39, 0.29) is 6.04 Å². The Kier molecular flexibility index (Phi) is 6.09. The molecule has 0 aromatic carbocycles. The van der Waals surface area contributed by atoms with Crippen LogP contribution in [-0.4, -0.2) is 11.8 Å². The highest BCUT2D eigenvalue weighted by Crippen LogP contribution is 2.24. The Hall–Kier alpha value is -0.890. The third kappa shape index (κ3) is 4.75. The predicted molar refractivity (Wildman–Crippen MR) is 68.1 cm³/mol. The molecule has 90 valence electrons. The number of hydrogen-bond acceptors (Lipinski definition) is 2. The van der Waals surface area contributed by atoms with Gasteiger partial charge in [0.05, 0.1) is 0 Å². The van der Waals surface area contributed by atoms with Gasteiger partial charge in [-0.1, -0.05) is 44.1 Å². The molecule has 0 amide bonds. The summed E-state index contributed by atoms with van der Waals surface area (Å²) in [5.74, 6) is 0.736. The lowest BCUT2D eigenvalue weighted by molar-refractivity contribution is -0.117. The molecular weight excluding hydrogens is 198 g/mol. The summed E-state index contributed by atoms with van der Waals surface area (Å²) in [6.07, 6.45) is 14.2. The molecule has 2 N–H and O–H groups in total. The molecule has 1 aliphatic rings. The van der Waals surface area contributed by atoms with Gasteiger partial charge in [0, 0.05) is 18.9 Å². The number of unbranched alkanes of at least 4 members (excludes halogenated alkanes) is 2. The molecular formula is C14H23NO. The molecule has 2 heteroatoms. The van der Waals surface area contributed by atoms with E-state index in [4.69, 9.17) is 5.73 Å². The summed E-state index contributed by atoms with van der Waals surface area (Å²) in [5, 5.41) is 0. The molecule has 0 aromatic rings. The van der Waals surface area contributed by atoms with Crippen LogP contribution in [-0.2, 0) is 4.79 Å². The summed E-state index contributed by atoms with van der Waals surface area (Å²) in [7, 11) is 0. The van der Waals surface area contributed by atoms with Crippen molar-refractivity contribution in [3.05, 3.63) is 24.3 Å². The minimum absolute atomic E-state index is 0.0438. The van der Waals surface area contributed by atoms with Crippen LogP contribution >= 0.6 is 0 Å². The molecule has 16 heavy (non-hydrogen) atoms. The van der Waals surface area contributed by atoms with E-state index in [1.54, 1.807) is 0 Å². The minimum Gasteiger partial charge on any atom is -0.324 e. The fourth-order valence-corrected chi connectivity index (χ4v) is 2.02. The van der Waals surface area contributed by atoms with Gasteiger partial charge in [-0.25, -0.2) is 0 Å². The van der Waals surface area contributed by atoms with Crippen LogP contribution in [0.5, 0.6) is 0 Å². The van der Waals surface area contributed by atoms with Gasteiger partial charge in [0.25, 0.3) is 0 Å². The van der Waals surface area contributed by atoms with Gasteiger partial charge in [-0.05, 0) is 18.8 Å². The Morgan fingerprint density at radius 3 is 2.94 bits per heavy atom. The van der Waals surface area contributed by atoms with Crippen molar-refractivity contribution in [1.82, 2.24) is 0 Å². The lowest BCUT2D eigenvalue weighted by Crippen LogP contribution is -2.26. The van der Waals surface area contributed by atoms with Gasteiger partial charge in [0.1, 0.15) is 5.78 Å². The van der Waals surface area contributed by atoms with Crippen LogP contribution in [0.4, 0.5) is 0 Å². The Balaban J connectivity index is 2.22. The topological polar surface area (TPSA) is 43.1 Å². The predicted octanol–water partition coefficient (Wildman–Crippen LogP) is 2.99. The number of carbonyl (C=O) groups is 1. The second-order valence-corrected chi connectivity index (χ2v) is 4.57. The van der Waals surface area contributed by atoms with Crippen LogP contribution in [0, 0.1) is 5.92 Å². The lowest BCUT2D eigenvalue weighted by Gasteiger charge is -2.12. The van der Waals surface area contributed by atoms with E-state index in [0.29, 0.717) is 18.1 Å². The molecule has 0 bridgehead atoms. The van der Waals surface area contributed by atoms with Gasteiger partial charge in [0.15, 0.2) is 0 Å². The summed E-state index contributed by atoms with van der Waals surface area (Å²) in [5.41, 5.74) is 6.01. The van der Waals surface area contributed by atoms with Crippen LogP contribution in [0.1, 0.15) is 45.4 Å². The maximum absolute atomic E-state index is 11.1. The van der Waals surface area contributed by atoms with Crippen molar-refractivity contribution in [2.45, 2.75) is 51.5 Å². The minimum atomic E-state index is 0.0438. The van der Waals surface area contributed by atoms with Crippen molar-refractivity contribution in [1.29, 1.82) is 0 Å². The Bertz CT molecular complexity index is 268. The summed E-state index contributed by atoms with van der Waals surface area (Å²) < 4.78 is 0. The Morgan fingerprint density at radius 2 is 2.31 bits per heavy atom. The molecule has 1 saturated carbocycles. The number of nitrogens with two attached hydrogens (primary N) is 1. The number of carbonyl (C=O) groups excluding carboxylic acids is 1. The zero-order chi connectivity index (χ0) is 11.8. The van der Waals surface area contributed by atoms with Gasteiger partial charge >= 0.3 is 0 Å². The standard InChI is InChI=1S/C14H23NO/c1-2-3-4-5-6-7-8-14(15)12-9-10-13(16)11-12/h5-8,12,14H,2-4,9-11,15H2,1H3/b6-5-,8-7+/t12?,14-/m0/s1. The van der Waals surface area contributed by atoms with Crippen molar-refractivity contribution in [3.63, 3.8) is 0 Å². The fraction of sp³-hybridized carbons (Fsp3) is 0.643. The van der Waals surface area contributed by atoms with Gasteiger partial charge in [-0.3, -0.25) is 4.79 Å². The molecule has 2 nitrogen and oxygen atoms in total. The summed E-state index contributed by atoms with van der Waals surface area (Å²) in [6, 6.07) is 0.0438. The smallest absolute Gasteiger partial charge is 0.133 e. The van der Waals surface area contributed by atoms with E-state index < -0.39 is 0 Å². The first-order valence-electron chi connectivity index (χ1n) is 6.34. The van der Waals surface area contributed by atoms with Crippen molar-refractivity contribution in [2.24, 2.45) is 11.7 Å². The van der Waals surface area contributed by atoms with Crippen molar-refractivity contribution in [3.8, 4) is 0 Å². The second kappa shape index (κ2) is 7.39. The van der Waals surface area contributed by atoms with Gasteiger partial charge < -0.3 is 5.73 Å². The van der Waals surface area contributed by atoms with E-state index in [2.05, 4.69) is 19.1 Å². The fourth-order valence-electron chi connectivity index (χ4n) is 2.02. The average Bonchev–Trinajstić information content (AvgIpc) is 2.70. The molecule has 1 rings (SSSR count). The Labute approximate surface area is 98.6 Å². The molecule has 0 aliphatic heterocycles. The van der Waals surface area contributed by atoms with Gasteiger partial charge in [-0.2, -0.15) is 0 Å². The highest BCUT2D eigenvalue weighted by molar-refractivity contribution is 5.80. The third-order valence-corrected chi connectivity index (χ3v) is 3.13. The molecule has 0 heterocycles. The van der Waals surface area contributed by atoms with E-state index >= 15 is 0 Å². The van der Waals surface area contributed by atoms with E-state index in [9.17, 15) is 4.79 Å².